The maximum Gasteiger partial charge on any atom is 0.293 e. The number of aromatic nitrogens is 2. The van der Waals surface area contributed by atoms with Crippen molar-refractivity contribution in [1.29, 1.82) is 0 Å². The Labute approximate surface area is 120 Å². The van der Waals surface area contributed by atoms with Gasteiger partial charge in [-0.2, -0.15) is 0 Å². The number of hydrogen-bond acceptors (Lipinski definition) is 4. The van der Waals surface area contributed by atoms with Crippen molar-refractivity contribution >= 4 is 5.82 Å². The van der Waals surface area contributed by atoms with Crippen LogP contribution in [0.15, 0.2) is 17.2 Å². The van der Waals surface area contributed by atoms with Gasteiger partial charge in [0.15, 0.2) is 5.82 Å². The molecule has 0 amide bonds. The molecule has 0 aliphatic heterocycles. The molecule has 0 aromatic carbocycles. The Hall–Kier alpha value is -1.36. The number of anilines is 1. The summed E-state index contributed by atoms with van der Waals surface area (Å²) in [6.45, 7) is 4.26. The van der Waals surface area contributed by atoms with E-state index in [1.165, 1.54) is 38.5 Å². The van der Waals surface area contributed by atoms with Gasteiger partial charge < -0.3 is 15.2 Å². The highest BCUT2D eigenvalue weighted by atomic mass is 16.1. The minimum Gasteiger partial charge on any atom is -0.364 e. The van der Waals surface area contributed by atoms with Gasteiger partial charge in [-0.05, 0) is 19.8 Å². The van der Waals surface area contributed by atoms with Crippen molar-refractivity contribution in [3.63, 3.8) is 0 Å². The lowest BCUT2D eigenvalue weighted by Gasteiger charge is -2.16. The topological polar surface area (TPSA) is 59.0 Å². The van der Waals surface area contributed by atoms with E-state index in [0.717, 1.165) is 13.1 Å². The van der Waals surface area contributed by atoms with Gasteiger partial charge in [0.2, 0.25) is 0 Å². The van der Waals surface area contributed by atoms with E-state index in [2.05, 4.69) is 15.6 Å². The van der Waals surface area contributed by atoms with Gasteiger partial charge >= 0.3 is 0 Å². The number of nitrogens with zero attached hydrogens (tertiary/aromatic N) is 2. The van der Waals surface area contributed by atoms with Crippen LogP contribution in [0, 0.1) is 0 Å². The van der Waals surface area contributed by atoms with Crippen molar-refractivity contribution in [3.05, 3.63) is 22.7 Å². The first kappa shape index (κ1) is 15.0. The number of nitrogens with one attached hydrogen (secondary N) is 2. The summed E-state index contributed by atoms with van der Waals surface area (Å²) >= 11 is 0. The average Bonchev–Trinajstić information content (AvgIpc) is 2.74. The van der Waals surface area contributed by atoms with Gasteiger partial charge in [-0.15, -0.1) is 0 Å². The molecule has 0 spiro atoms. The van der Waals surface area contributed by atoms with E-state index in [1.807, 2.05) is 6.92 Å². The van der Waals surface area contributed by atoms with Crippen LogP contribution >= 0.6 is 0 Å². The zero-order chi connectivity index (χ0) is 14.2. The molecular weight excluding hydrogens is 252 g/mol. The molecule has 0 atom stereocenters. The van der Waals surface area contributed by atoms with Gasteiger partial charge in [0, 0.05) is 38.1 Å². The monoisotopic (exact) mass is 278 g/mol. The minimum atomic E-state index is -0.0375. The van der Waals surface area contributed by atoms with Crippen molar-refractivity contribution in [3.8, 4) is 0 Å². The number of hydrogen-bond donors (Lipinski definition) is 2. The van der Waals surface area contributed by atoms with Gasteiger partial charge in [0.25, 0.3) is 5.56 Å². The van der Waals surface area contributed by atoms with E-state index < -0.39 is 0 Å². The normalized spacial score (nSPS) is 16.9. The molecule has 1 heterocycles. The molecule has 20 heavy (non-hydrogen) atoms. The summed E-state index contributed by atoms with van der Waals surface area (Å²) in [5.74, 6) is 0.456. The average molecular weight is 278 g/mol. The highest BCUT2D eigenvalue weighted by Gasteiger charge is 2.11. The fourth-order valence-electron chi connectivity index (χ4n) is 2.76. The molecule has 0 saturated heterocycles. The van der Waals surface area contributed by atoms with Crippen molar-refractivity contribution in [2.45, 2.75) is 58.0 Å². The molecular formula is C15H26N4O. The molecule has 1 fully saturated rings. The lowest BCUT2D eigenvalue weighted by atomic mass is 10.1. The van der Waals surface area contributed by atoms with Crippen LogP contribution in [-0.4, -0.2) is 28.7 Å². The highest BCUT2D eigenvalue weighted by Crippen LogP contribution is 2.16. The maximum absolute atomic E-state index is 12.0. The number of aryl methyl sites for hydroxylation is 1. The van der Waals surface area contributed by atoms with Gasteiger partial charge in [-0.1, -0.05) is 25.7 Å². The molecule has 1 aliphatic rings. The quantitative estimate of drug-likeness (QED) is 0.617. The molecule has 1 aromatic rings. The van der Waals surface area contributed by atoms with Crippen LogP contribution in [0.25, 0.3) is 0 Å². The van der Waals surface area contributed by atoms with Gasteiger partial charge in [-0.25, -0.2) is 4.98 Å². The summed E-state index contributed by atoms with van der Waals surface area (Å²) in [5, 5.41) is 6.72. The van der Waals surface area contributed by atoms with Crippen molar-refractivity contribution in [2.24, 2.45) is 0 Å². The summed E-state index contributed by atoms with van der Waals surface area (Å²) in [5.41, 5.74) is -0.0375. The molecule has 5 nitrogen and oxygen atoms in total. The predicted octanol–water partition coefficient (Wildman–Crippen LogP) is 1.99. The van der Waals surface area contributed by atoms with Crippen LogP contribution in [0.3, 0.4) is 0 Å². The second-order valence-electron chi connectivity index (χ2n) is 5.44. The summed E-state index contributed by atoms with van der Waals surface area (Å²) in [6, 6.07) is 0.648. The summed E-state index contributed by atoms with van der Waals surface area (Å²) < 4.78 is 1.66. The Morgan fingerprint density at radius 2 is 2.00 bits per heavy atom. The molecule has 1 aromatic heterocycles. The van der Waals surface area contributed by atoms with E-state index in [-0.39, 0.29) is 5.56 Å². The van der Waals surface area contributed by atoms with Crippen LogP contribution in [0.1, 0.15) is 45.4 Å². The number of rotatable bonds is 6. The molecule has 1 saturated carbocycles. The third-order valence-electron chi connectivity index (χ3n) is 3.96. The largest absolute Gasteiger partial charge is 0.364 e. The highest BCUT2D eigenvalue weighted by molar-refractivity contribution is 5.30. The molecule has 5 heteroatoms. The summed E-state index contributed by atoms with van der Waals surface area (Å²) in [6.07, 6.45) is 11.4. The molecule has 0 radical (unpaired) electrons. The second kappa shape index (κ2) is 8.04. The van der Waals surface area contributed by atoms with Crippen molar-refractivity contribution in [2.75, 3.05) is 18.4 Å². The Morgan fingerprint density at radius 3 is 2.70 bits per heavy atom. The van der Waals surface area contributed by atoms with Crippen molar-refractivity contribution < 1.29 is 0 Å². The van der Waals surface area contributed by atoms with E-state index in [0.29, 0.717) is 18.4 Å². The van der Waals surface area contributed by atoms with E-state index in [1.54, 1.807) is 17.0 Å². The Morgan fingerprint density at radius 1 is 1.25 bits per heavy atom. The zero-order valence-electron chi connectivity index (χ0n) is 12.4. The lowest BCUT2D eigenvalue weighted by Crippen LogP contribution is -2.34. The van der Waals surface area contributed by atoms with Crippen molar-refractivity contribution in [1.82, 2.24) is 14.9 Å². The first-order valence-corrected chi connectivity index (χ1v) is 7.84. The third kappa shape index (κ3) is 4.34. The zero-order valence-corrected chi connectivity index (χ0v) is 12.4. The SMILES string of the molecule is CCn1ccnc(NCCNC2CCCCCC2)c1=O. The van der Waals surface area contributed by atoms with Gasteiger partial charge in [0.05, 0.1) is 0 Å². The molecule has 2 N–H and O–H groups in total. The van der Waals surface area contributed by atoms with Gasteiger partial charge in [-0.3, -0.25) is 4.79 Å². The predicted molar refractivity (Wildman–Crippen MR) is 82.2 cm³/mol. The molecule has 112 valence electrons. The Kier molecular flexibility index (Phi) is 6.05. The van der Waals surface area contributed by atoms with Crippen LogP contribution < -0.4 is 16.2 Å². The smallest absolute Gasteiger partial charge is 0.293 e. The molecule has 0 unspecified atom stereocenters. The first-order valence-electron chi connectivity index (χ1n) is 7.84. The molecule has 1 aliphatic carbocycles. The lowest BCUT2D eigenvalue weighted by molar-refractivity contribution is 0.468. The van der Waals surface area contributed by atoms with Crippen LogP contribution in [0.2, 0.25) is 0 Å². The maximum atomic E-state index is 12.0. The fraction of sp³-hybridized carbons (Fsp3) is 0.733. The third-order valence-corrected chi connectivity index (χ3v) is 3.96. The van der Waals surface area contributed by atoms with Gasteiger partial charge in [0.1, 0.15) is 0 Å². The first-order chi connectivity index (χ1) is 9.81. The minimum absolute atomic E-state index is 0.0375. The molecule has 0 bridgehead atoms. The van der Waals surface area contributed by atoms with Crippen LogP contribution in [0.4, 0.5) is 5.82 Å². The summed E-state index contributed by atoms with van der Waals surface area (Å²) in [7, 11) is 0. The fourth-order valence-corrected chi connectivity index (χ4v) is 2.76. The Bertz CT molecular complexity index is 449. The van der Waals surface area contributed by atoms with E-state index >= 15 is 0 Å². The van der Waals surface area contributed by atoms with E-state index in [9.17, 15) is 4.79 Å². The van der Waals surface area contributed by atoms with Crippen LogP contribution in [-0.2, 0) is 6.54 Å². The van der Waals surface area contributed by atoms with Crippen LogP contribution in [0.5, 0.6) is 0 Å². The summed E-state index contributed by atoms with van der Waals surface area (Å²) in [4.78, 5) is 16.1. The van der Waals surface area contributed by atoms with E-state index in [4.69, 9.17) is 0 Å². The molecule has 2 rings (SSSR count). The Balaban J connectivity index is 1.74. The second-order valence-corrected chi connectivity index (χ2v) is 5.44. The standard InChI is InChI=1S/C15H26N4O/c1-2-19-12-11-18-14(15(19)20)17-10-9-16-13-7-5-3-4-6-8-13/h11-13,16H,2-10H2,1H3,(H,17,18).